The van der Waals surface area contributed by atoms with Crippen molar-refractivity contribution < 1.29 is 13.9 Å². The van der Waals surface area contributed by atoms with Crippen molar-refractivity contribution in [2.75, 3.05) is 12.0 Å². The standard InChI is InChI=1S/C26H20ClN3O3S/c1-32-25(31)19-7-3-2-6-18(19)21-13-14-22(33-21)24-23(20-8-4-5-15-28-20)29-26(34)30(24)17-11-9-16(27)10-12-17/h2-15,23-24H,1H3,(H,29,34)/t23-,24-/m0/s1. The van der Waals surface area contributed by atoms with E-state index in [1.54, 1.807) is 18.3 Å². The number of aromatic nitrogens is 1. The van der Waals surface area contributed by atoms with Gasteiger partial charge in [-0.15, -0.1) is 0 Å². The predicted octanol–water partition coefficient (Wildman–Crippen LogP) is 5.96. The van der Waals surface area contributed by atoms with Crippen LogP contribution < -0.4 is 10.2 Å². The number of nitrogens with one attached hydrogen (secondary N) is 1. The Kier molecular flexibility index (Phi) is 6.04. The molecule has 0 saturated carbocycles. The van der Waals surface area contributed by atoms with Crippen LogP contribution in [0.15, 0.2) is 89.5 Å². The van der Waals surface area contributed by atoms with E-state index in [0.29, 0.717) is 32.8 Å². The fourth-order valence-electron chi connectivity index (χ4n) is 4.17. The summed E-state index contributed by atoms with van der Waals surface area (Å²) >= 11 is 11.9. The summed E-state index contributed by atoms with van der Waals surface area (Å²) in [6, 6.07) is 23.6. The number of furan rings is 1. The molecule has 0 amide bonds. The van der Waals surface area contributed by atoms with Crippen molar-refractivity contribution in [1.29, 1.82) is 0 Å². The third kappa shape index (κ3) is 4.04. The van der Waals surface area contributed by atoms with Crippen LogP contribution >= 0.6 is 23.8 Å². The molecule has 2 aromatic carbocycles. The zero-order chi connectivity index (χ0) is 23.7. The smallest absolute Gasteiger partial charge is 0.338 e. The Morgan fingerprint density at radius 1 is 1.06 bits per heavy atom. The van der Waals surface area contributed by atoms with Gasteiger partial charge in [-0.05, 0) is 66.8 Å². The number of hydrogen-bond donors (Lipinski definition) is 1. The number of carbonyl (C=O) groups excluding carboxylic acids is 1. The van der Waals surface area contributed by atoms with Crippen LogP contribution in [-0.4, -0.2) is 23.2 Å². The van der Waals surface area contributed by atoms with Crippen LogP contribution in [0.2, 0.25) is 5.02 Å². The van der Waals surface area contributed by atoms with Gasteiger partial charge in [0.15, 0.2) is 5.11 Å². The second-order valence-electron chi connectivity index (χ2n) is 7.71. The van der Waals surface area contributed by atoms with Gasteiger partial charge in [0, 0.05) is 22.5 Å². The summed E-state index contributed by atoms with van der Waals surface area (Å²) in [5, 5.41) is 4.59. The Bertz CT molecular complexity index is 1340. The van der Waals surface area contributed by atoms with E-state index in [9.17, 15) is 4.79 Å². The molecule has 2 aromatic heterocycles. The summed E-state index contributed by atoms with van der Waals surface area (Å²) in [5.41, 5.74) is 2.79. The molecule has 8 heteroatoms. The molecule has 1 aliphatic heterocycles. The van der Waals surface area contributed by atoms with Gasteiger partial charge in [0.25, 0.3) is 0 Å². The Hall–Kier alpha value is -3.68. The van der Waals surface area contributed by atoms with Crippen molar-refractivity contribution >= 4 is 40.6 Å². The highest BCUT2D eigenvalue weighted by atomic mass is 35.5. The number of ether oxygens (including phenoxy) is 1. The molecule has 4 aromatic rings. The zero-order valence-electron chi connectivity index (χ0n) is 18.1. The number of esters is 1. The lowest BCUT2D eigenvalue weighted by atomic mass is 10.0. The van der Waals surface area contributed by atoms with Crippen LogP contribution in [0, 0.1) is 0 Å². The minimum absolute atomic E-state index is 0.251. The topological polar surface area (TPSA) is 67.6 Å². The highest BCUT2D eigenvalue weighted by molar-refractivity contribution is 7.80. The molecule has 0 unspecified atom stereocenters. The van der Waals surface area contributed by atoms with Gasteiger partial charge in [-0.2, -0.15) is 0 Å². The number of benzene rings is 2. The van der Waals surface area contributed by atoms with Gasteiger partial charge in [-0.1, -0.05) is 35.9 Å². The highest BCUT2D eigenvalue weighted by Crippen LogP contribution is 2.43. The fraction of sp³-hybridized carbons (Fsp3) is 0.115. The molecule has 0 spiro atoms. The Morgan fingerprint density at radius 3 is 2.56 bits per heavy atom. The Morgan fingerprint density at radius 2 is 1.82 bits per heavy atom. The van der Waals surface area contributed by atoms with Crippen LogP contribution in [0.1, 0.15) is 33.9 Å². The maximum Gasteiger partial charge on any atom is 0.338 e. The van der Waals surface area contributed by atoms with Crippen LogP contribution in [0.3, 0.4) is 0 Å². The lowest BCUT2D eigenvalue weighted by Gasteiger charge is -2.26. The normalized spacial score (nSPS) is 17.5. The highest BCUT2D eigenvalue weighted by Gasteiger charge is 2.42. The van der Waals surface area contributed by atoms with Crippen LogP contribution in [0.5, 0.6) is 0 Å². The van der Waals surface area contributed by atoms with Gasteiger partial charge in [-0.25, -0.2) is 4.79 Å². The van der Waals surface area contributed by atoms with Crippen LogP contribution in [-0.2, 0) is 4.74 Å². The number of halogens is 1. The number of hydrogen-bond acceptors (Lipinski definition) is 5. The number of pyridine rings is 1. The third-order valence-corrected chi connectivity index (χ3v) is 6.29. The number of nitrogens with zero attached hydrogens (tertiary/aromatic N) is 2. The largest absolute Gasteiger partial charge is 0.465 e. The van der Waals surface area contributed by atoms with Gasteiger partial charge in [-0.3, -0.25) is 4.98 Å². The molecule has 1 aliphatic rings. The van der Waals surface area contributed by atoms with Crippen molar-refractivity contribution in [2.45, 2.75) is 12.1 Å². The van der Waals surface area contributed by atoms with Gasteiger partial charge >= 0.3 is 5.97 Å². The van der Waals surface area contributed by atoms with Crippen LogP contribution in [0.25, 0.3) is 11.3 Å². The van der Waals surface area contributed by atoms with Crippen molar-refractivity contribution in [1.82, 2.24) is 10.3 Å². The molecular formula is C26H20ClN3O3S. The van der Waals surface area contributed by atoms with E-state index >= 15 is 0 Å². The number of carbonyl (C=O) groups is 1. The second kappa shape index (κ2) is 9.29. The summed E-state index contributed by atoms with van der Waals surface area (Å²) in [6.07, 6.45) is 1.75. The van der Waals surface area contributed by atoms with Crippen molar-refractivity contribution in [3.8, 4) is 11.3 Å². The molecule has 2 atom stereocenters. The van der Waals surface area contributed by atoms with E-state index < -0.39 is 5.97 Å². The van der Waals surface area contributed by atoms with Gasteiger partial charge < -0.3 is 19.4 Å². The number of thiocarbonyl (C=S) groups is 1. The van der Waals surface area contributed by atoms with Gasteiger partial charge in [0.05, 0.1) is 24.4 Å². The first-order valence-corrected chi connectivity index (χ1v) is 11.4. The molecule has 0 aliphatic carbocycles. The number of methoxy groups -OCH3 is 1. The van der Waals surface area contributed by atoms with Crippen molar-refractivity contribution in [3.63, 3.8) is 0 Å². The SMILES string of the molecule is COC(=O)c1ccccc1-c1ccc([C@H]2[C@H](c3ccccn3)NC(=S)N2c2ccc(Cl)cc2)o1. The first kappa shape index (κ1) is 22.1. The molecule has 1 fully saturated rings. The minimum Gasteiger partial charge on any atom is -0.465 e. The minimum atomic E-state index is -0.425. The summed E-state index contributed by atoms with van der Waals surface area (Å²) in [7, 11) is 1.36. The van der Waals surface area contributed by atoms with E-state index in [0.717, 1.165) is 11.4 Å². The average Bonchev–Trinajstić information content (AvgIpc) is 3.49. The Labute approximate surface area is 207 Å². The molecule has 3 heterocycles. The molecule has 0 radical (unpaired) electrons. The maximum atomic E-state index is 12.3. The lowest BCUT2D eigenvalue weighted by Crippen LogP contribution is -2.29. The van der Waals surface area contributed by atoms with Crippen LogP contribution in [0.4, 0.5) is 5.69 Å². The predicted molar refractivity (Wildman–Crippen MR) is 135 cm³/mol. The molecule has 6 nitrogen and oxygen atoms in total. The van der Waals surface area contributed by atoms with Crippen molar-refractivity contribution in [2.24, 2.45) is 0 Å². The van der Waals surface area contributed by atoms with Gasteiger partial charge in [0.1, 0.15) is 17.6 Å². The molecule has 5 rings (SSSR count). The quantitative estimate of drug-likeness (QED) is 0.274. The summed E-state index contributed by atoms with van der Waals surface area (Å²) < 4.78 is 11.3. The summed E-state index contributed by atoms with van der Waals surface area (Å²) in [4.78, 5) is 18.9. The van der Waals surface area contributed by atoms with E-state index in [1.807, 2.05) is 71.6 Å². The number of anilines is 1. The molecular weight excluding hydrogens is 470 g/mol. The van der Waals surface area contributed by atoms with Gasteiger partial charge in [0.2, 0.25) is 0 Å². The molecule has 1 saturated heterocycles. The zero-order valence-corrected chi connectivity index (χ0v) is 19.7. The van der Waals surface area contributed by atoms with E-state index in [-0.39, 0.29) is 12.1 Å². The molecule has 1 N–H and O–H groups in total. The second-order valence-corrected chi connectivity index (χ2v) is 8.54. The lowest BCUT2D eigenvalue weighted by molar-refractivity contribution is 0.0601. The molecule has 34 heavy (non-hydrogen) atoms. The first-order chi connectivity index (χ1) is 16.6. The fourth-order valence-corrected chi connectivity index (χ4v) is 4.64. The van der Waals surface area contributed by atoms with E-state index in [2.05, 4.69) is 10.3 Å². The average molecular weight is 490 g/mol. The maximum absolute atomic E-state index is 12.3. The Balaban J connectivity index is 1.60. The first-order valence-electron chi connectivity index (χ1n) is 10.6. The summed E-state index contributed by atoms with van der Waals surface area (Å²) in [6.45, 7) is 0. The molecule has 170 valence electrons. The molecule has 0 bridgehead atoms. The number of rotatable bonds is 5. The summed E-state index contributed by atoms with van der Waals surface area (Å²) in [5.74, 6) is 0.809. The van der Waals surface area contributed by atoms with Crippen molar-refractivity contribution in [3.05, 3.63) is 107 Å². The van der Waals surface area contributed by atoms with E-state index in [4.69, 9.17) is 33.0 Å². The monoisotopic (exact) mass is 489 g/mol. The van der Waals surface area contributed by atoms with E-state index in [1.165, 1.54) is 7.11 Å². The third-order valence-electron chi connectivity index (χ3n) is 5.72.